The van der Waals surface area contributed by atoms with E-state index in [1.807, 2.05) is 53.0 Å². The molecule has 1 aromatic carbocycles. The number of fused-ring (bicyclic) bond motifs is 1. The van der Waals surface area contributed by atoms with Gasteiger partial charge in [-0.1, -0.05) is 18.9 Å². The van der Waals surface area contributed by atoms with Crippen LogP contribution >= 0.6 is 7.82 Å². The van der Waals surface area contributed by atoms with Crippen molar-refractivity contribution in [2.45, 2.75) is 44.6 Å². The van der Waals surface area contributed by atoms with Crippen molar-refractivity contribution in [3.63, 3.8) is 0 Å². The summed E-state index contributed by atoms with van der Waals surface area (Å²) in [7, 11) is -2.26. The number of nitrogens with zero attached hydrogens (tertiary/aromatic N) is 4. The Morgan fingerprint density at radius 3 is 2.56 bits per heavy atom. The molecule has 218 valence electrons. The summed E-state index contributed by atoms with van der Waals surface area (Å²) in [4.78, 5) is 9.40. The van der Waals surface area contributed by atoms with Gasteiger partial charge in [0.05, 0.1) is 30.5 Å². The van der Waals surface area contributed by atoms with E-state index in [0.29, 0.717) is 31.4 Å². The largest absolute Gasteiger partial charge is 0.507 e. The second kappa shape index (κ2) is 13.4. The highest BCUT2D eigenvalue weighted by molar-refractivity contribution is 7.48. The van der Waals surface area contributed by atoms with Crippen molar-refractivity contribution in [2.75, 3.05) is 30.9 Å². The lowest BCUT2D eigenvalue weighted by Gasteiger charge is -2.13. The van der Waals surface area contributed by atoms with Crippen molar-refractivity contribution in [1.82, 2.24) is 19.6 Å². The highest BCUT2D eigenvalue weighted by atomic mass is 31.2. The van der Waals surface area contributed by atoms with E-state index in [1.165, 1.54) is 12.8 Å². The lowest BCUT2D eigenvalue weighted by Crippen LogP contribution is -2.16. The zero-order valence-electron chi connectivity index (χ0n) is 22.9. The Balaban J connectivity index is 1.42. The first-order valence-corrected chi connectivity index (χ1v) is 15.0. The highest BCUT2D eigenvalue weighted by Crippen LogP contribution is 2.45. The average Bonchev–Trinajstić information content (AvgIpc) is 3.67. The van der Waals surface area contributed by atoms with Crippen LogP contribution in [0.4, 0.5) is 11.8 Å². The number of anilines is 2. The highest BCUT2D eigenvalue weighted by Gasteiger charge is 2.24. The van der Waals surface area contributed by atoms with Crippen LogP contribution in [0.5, 0.6) is 5.75 Å². The fourth-order valence-corrected chi connectivity index (χ4v) is 5.46. The van der Waals surface area contributed by atoms with Gasteiger partial charge in [0.25, 0.3) is 0 Å². The summed E-state index contributed by atoms with van der Waals surface area (Å²) in [5, 5.41) is 12.0. The van der Waals surface area contributed by atoms with Crippen molar-refractivity contribution in [1.29, 1.82) is 0 Å². The average molecular weight is 583 g/mol. The molecule has 3 heterocycles. The van der Waals surface area contributed by atoms with Crippen molar-refractivity contribution in [3.8, 4) is 28.3 Å². The fourth-order valence-electron chi connectivity index (χ4n) is 4.93. The molecule has 0 spiro atoms. The lowest BCUT2D eigenvalue weighted by atomic mass is 10.0. The van der Waals surface area contributed by atoms with Gasteiger partial charge in [-0.2, -0.15) is 14.3 Å². The van der Waals surface area contributed by atoms with Gasteiger partial charge < -0.3 is 15.4 Å². The Kier molecular flexibility index (Phi) is 9.45. The maximum atomic E-state index is 11.8. The monoisotopic (exact) mass is 582 g/mol. The van der Waals surface area contributed by atoms with Crippen LogP contribution in [-0.4, -0.2) is 45.9 Å². The van der Waals surface area contributed by atoms with Gasteiger partial charge in [0, 0.05) is 24.3 Å². The number of hydrogen-bond donors (Lipinski definition) is 4. The summed E-state index contributed by atoms with van der Waals surface area (Å²) in [5.74, 6) is 12.0. The van der Waals surface area contributed by atoms with Crippen molar-refractivity contribution < 1.29 is 23.1 Å². The standard InChI is InChI=1S/C27H35N8O5P/c1-37-21-13-11-19(12-14-21)26-25(22-15-17-31-27(33-22)32-20-7-2-3-8-20)23-9-6-10-24(35(23)34-26)30-16-4-5-18-38-41(36,39-28)40-29/h6,9-15,17,20,30H,2-5,7-8,16,18,28-29H2,1H3,(H,31,32,33). The molecule has 0 radical (unpaired) electrons. The summed E-state index contributed by atoms with van der Waals surface area (Å²) in [6, 6.07) is 16.1. The van der Waals surface area contributed by atoms with E-state index in [9.17, 15) is 4.57 Å². The van der Waals surface area contributed by atoms with Gasteiger partial charge in [0.2, 0.25) is 5.95 Å². The number of unbranched alkanes of at least 4 members (excludes halogenated alkanes) is 1. The fraction of sp³-hybridized carbons (Fsp3) is 0.370. The van der Waals surface area contributed by atoms with Crippen molar-refractivity contribution in [2.24, 2.45) is 11.8 Å². The van der Waals surface area contributed by atoms with Crippen LogP contribution in [0, 0.1) is 0 Å². The van der Waals surface area contributed by atoms with E-state index in [-0.39, 0.29) is 6.61 Å². The predicted octanol–water partition coefficient (Wildman–Crippen LogP) is 4.92. The molecule has 0 aliphatic heterocycles. The number of aromatic nitrogens is 4. The van der Waals surface area contributed by atoms with Gasteiger partial charge in [0.15, 0.2) is 0 Å². The number of hydrogen-bond acceptors (Lipinski definition) is 12. The molecule has 5 rings (SSSR count). The Bertz CT molecular complexity index is 1490. The van der Waals surface area contributed by atoms with Crippen LogP contribution < -0.4 is 27.2 Å². The van der Waals surface area contributed by atoms with Gasteiger partial charge >= 0.3 is 7.82 Å². The molecule has 0 unspecified atom stereocenters. The Morgan fingerprint density at radius 1 is 1.05 bits per heavy atom. The first kappa shape index (κ1) is 28.9. The summed E-state index contributed by atoms with van der Waals surface area (Å²) in [6.07, 6.45) is 7.76. The van der Waals surface area contributed by atoms with E-state index in [4.69, 9.17) is 31.1 Å². The minimum atomic E-state index is -3.90. The zero-order chi connectivity index (χ0) is 28.7. The molecule has 0 bridgehead atoms. The molecule has 1 aliphatic rings. The smallest absolute Gasteiger partial charge is 0.497 e. The first-order valence-electron chi connectivity index (χ1n) is 13.5. The zero-order valence-corrected chi connectivity index (χ0v) is 23.8. The third-order valence-electron chi connectivity index (χ3n) is 7.01. The normalized spacial score (nSPS) is 14.0. The second-order valence-electron chi connectivity index (χ2n) is 9.68. The molecule has 0 saturated heterocycles. The first-order chi connectivity index (χ1) is 20.0. The summed E-state index contributed by atoms with van der Waals surface area (Å²) >= 11 is 0. The minimum Gasteiger partial charge on any atom is -0.497 e. The quantitative estimate of drug-likeness (QED) is 0.0899. The third kappa shape index (κ3) is 6.84. The van der Waals surface area contributed by atoms with Gasteiger partial charge in [-0.05, 0) is 68.1 Å². The Morgan fingerprint density at radius 2 is 1.83 bits per heavy atom. The predicted molar refractivity (Wildman–Crippen MR) is 156 cm³/mol. The van der Waals surface area contributed by atoms with Gasteiger partial charge in [-0.15, -0.1) is 0 Å². The lowest BCUT2D eigenvalue weighted by molar-refractivity contribution is 0.113. The van der Waals surface area contributed by atoms with Crippen LogP contribution in [0.2, 0.25) is 0 Å². The van der Waals surface area contributed by atoms with Gasteiger partial charge in [-0.25, -0.2) is 30.8 Å². The van der Waals surface area contributed by atoms with Crippen LogP contribution in [0.1, 0.15) is 38.5 Å². The molecule has 0 amide bonds. The van der Waals surface area contributed by atoms with Crippen LogP contribution in [0.3, 0.4) is 0 Å². The van der Waals surface area contributed by atoms with Crippen LogP contribution in [0.25, 0.3) is 28.0 Å². The number of benzene rings is 1. The van der Waals surface area contributed by atoms with E-state index in [2.05, 4.69) is 24.9 Å². The van der Waals surface area contributed by atoms with Gasteiger partial charge in [0.1, 0.15) is 17.3 Å². The molecule has 4 aromatic rings. The number of pyridine rings is 1. The molecule has 0 atom stereocenters. The molecule has 13 nitrogen and oxygen atoms in total. The van der Waals surface area contributed by atoms with Crippen LogP contribution in [-0.2, 0) is 18.3 Å². The maximum Gasteiger partial charge on any atom is 0.507 e. The number of methoxy groups -OCH3 is 1. The Labute approximate surface area is 238 Å². The number of nitrogens with one attached hydrogen (secondary N) is 2. The van der Waals surface area contributed by atoms with Crippen molar-refractivity contribution in [3.05, 3.63) is 54.7 Å². The minimum absolute atomic E-state index is 0.107. The molecular weight excluding hydrogens is 547 g/mol. The summed E-state index contributed by atoms with van der Waals surface area (Å²) < 4.78 is 32.5. The molecule has 1 aliphatic carbocycles. The van der Waals surface area contributed by atoms with Crippen molar-refractivity contribution >= 4 is 25.1 Å². The van der Waals surface area contributed by atoms with E-state index in [1.54, 1.807) is 13.3 Å². The van der Waals surface area contributed by atoms with E-state index < -0.39 is 7.82 Å². The second-order valence-corrected chi connectivity index (χ2v) is 11.3. The summed E-state index contributed by atoms with van der Waals surface area (Å²) in [5.41, 5.74) is 4.31. The molecule has 41 heavy (non-hydrogen) atoms. The number of ether oxygens (including phenoxy) is 1. The SMILES string of the molecule is COc1ccc(-c2nn3c(NCCCCOP(=O)(ON)ON)cccc3c2-c2ccnc(NC3CCCC3)n2)cc1. The number of rotatable bonds is 14. The van der Waals surface area contributed by atoms with Crippen LogP contribution in [0.15, 0.2) is 54.7 Å². The molecular formula is C27H35N8O5P. The summed E-state index contributed by atoms with van der Waals surface area (Å²) in [6.45, 7) is 0.714. The molecule has 6 N–H and O–H groups in total. The topological polar surface area (TPSA) is 173 Å². The molecule has 14 heteroatoms. The van der Waals surface area contributed by atoms with E-state index >= 15 is 0 Å². The molecule has 1 saturated carbocycles. The Hall–Kier alpha value is -3.58. The van der Waals surface area contributed by atoms with Gasteiger partial charge in [-0.3, -0.25) is 4.52 Å². The van der Waals surface area contributed by atoms with E-state index in [0.717, 1.165) is 52.4 Å². The molecule has 3 aromatic heterocycles. The number of nitrogens with two attached hydrogens (primary N) is 2. The maximum absolute atomic E-state index is 11.8. The third-order valence-corrected chi connectivity index (χ3v) is 8.02. The molecule has 1 fully saturated rings. The number of phosphoric acid groups is 1.